The lowest BCUT2D eigenvalue weighted by molar-refractivity contribution is 0.00858. The molecule has 0 radical (unpaired) electrons. The van der Waals surface area contributed by atoms with E-state index in [9.17, 15) is 4.79 Å². The summed E-state index contributed by atoms with van der Waals surface area (Å²) >= 11 is 0. The number of hydrogen-bond donors (Lipinski definition) is 1. The predicted octanol–water partition coefficient (Wildman–Crippen LogP) is 4.19. The Labute approximate surface area is 142 Å². The number of carbonyl (C=O) groups excluding carboxylic acids is 1. The maximum absolute atomic E-state index is 12.3. The molecule has 2 rings (SSSR count). The standard InChI is InChI=1S/C19H36N2O2/c1-13-7-8-16(11-14(13)2)20-17-9-10-21(15(3)12-17)18(22)23-19(4,5)6/h13-17,20H,7-12H2,1-6H3. The molecule has 0 aromatic carbocycles. The minimum atomic E-state index is -0.416. The molecule has 4 nitrogen and oxygen atoms in total. The molecule has 4 heteroatoms. The van der Waals surface area contributed by atoms with E-state index in [1.165, 1.54) is 19.3 Å². The molecular weight excluding hydrogens is 288 g/mol. The molecule has 1 aliphatic carbocycles. The molecule has 1 amide bonds. The van der Waals surface area contributed by atoms with Crippen LogP contribution in [0.5, 0.6) is 0 Å². The highest BCUT2D eigenvalue weighted by Crippen LogP contribution is 2.30. The maximum atomic E-state index is 12.3. The summed E-state index contributed by atoms with van der Waals surface area (Å²) in [6, 6.07) is 1.44. The van der Waals surface area contributed by atoms with Gasteiger partial charge in [0, 0.05) is 24.7 Å². The van der Waals surface area contributed by atoms with Crippen LogP contribution < -0.4 is 5.32 Å². The Balaban J connectivity index is 1.81. The first-order valence-corrected chi connectivity index (χ1v) is 9.41. The topological polar surface area (TPSA) is 41.6 Å². The Kier molecular flexibility index (Phi) is 5.99. The zero-order valence-electron chi connectivity index (χ0n) is 15.9. The number of likely N-dealkylation sites (tertiary alicyclic amines) is 1. The molecule has 1 heterocycles. The minimum Gasteiger partial charge on any atom is -0.444 e. The normalized spacial score (nSPS) is 35.9. The fourth-order valence-corrected chi connectivity index (χ4v) is 3.95. The Morgan fingerprint density at radius 1 is 1.00 bits per heavy atom. The number of amides is 1. The summed E-state index contributed by atoms with van der Waals surface area (Å²) in [6.07, 6.45) is 5.83. The van der Waals surface area contributed by atoms with Gasteiger partial charge < -0.3 is 15.0 Å². The lowest BCUT2D eigenvalue weighted by Gasteiger charge is -2.41. The summed E-state index contributed by atoms with van der Waals surface area (Å²) in [4.78, 5) is 14.2. The lowest BCUT2D eigenvalue weighted by Crippen LogP contribution is -2.53. The van der Waals surface area contributed by atoms with E-state index < -0.39 is 5.60 Å². The molecule has 1 aliphatic heterocycles. The van der Waals surface area contributed by atoms with Gasteiger partial charge >= 0.3 is 6.09 Å². The molecule has 1 saturated carbocycles. The zero-order chi connectivity index (χ0) is 17.2. The molecule has 5 atom stereocenters. The third-order valence-electron chi connectivity index (χ3n) is 5.57. The fraction of sp³-hybridized carbons (Fsp3) is 0.947. The number of piperidine rings is 1. The number of nitrogens with zero attached hydrogens (tertiary/aromatic N) is 1. The summed E-state index contributed by atoms with van der Waals surface area (Å²) < 4.78 is 5.53. The number of nitrogens with one attached hydrogen (secondary N) is 1. The van der Waals surface area contributed by atoms with Gasteiger partial charge in [-0.25, -0.2) is 4.79 Å². The summed E-state index contributed by atoms with van der Waals surface area (Å²) in [5, 5.41) is 3.87. The molecule has 2 aliphatic rings. The van der Waals surface area contributed by atoms with Crippen molar-refractivity contribution in [3.8, 4) is 0 Å². The van der Waals surface area contributed by atoms with Gasteiger partial charge in [0.15, 0.2) is 0 Å². The van der Waals surface area contributed by atoms with Crippen molar-refractivity contribution in [1.82, 2.24) is 10.2 Å². The van der Waals surface area contributed by atoms with E-state index >= 15 is 0 Å². The predicted molar refractivity (Wildman–Crippen MR) is 94.5 cm³/mol. The molecule has 1 N–H and O–H groups in total. The second-order valence-corrected chi connectivity index (χ2v) is 8.88. The summed E-state index contributed by atoms with van der Waals surface area (Å²) in [5.74, 6) is 1.68. The molecule has 0 bridgehead atoms. The first-order valence-electron chi connectivity index (χ1n) is 9.41. The van der Waals surface area contributed by atoms with E-state index in [2.05, 4.69) is 26.1 Å². The molecule has 23 heavy (non-hydrogen) atoms. The second kappa shape index (κ2) is 7.42. The van der Waals surface area contributed by atoms with Gasteiger partial charge in [-0.05, 0) is 71.6 Å². The van der Waals surface area contributed by atoms with Gasteiger partial charge in [-0.2, -0.15) is 0 Å². The van der Waals surface area contributed by atoms with Gasteiger partial charge in [0.05, 0.1) is 0 Å². The van der Waals surface area contributed by atoms with E-state index in [-0.39, 0.29) is 12.1 Å². The van der Waals surface area contributed by atoms with Gasteiger partial charge in [0.1, 0.15) is 5.60 Å². The van der Waals surface area contributed by atoms with E-state index in [0.29, 0.717) is 12.1 Å². The number of hydrogen-bond acceptors (Lipinski definition) is 3. The highest BCUT2D eigenvalue weighted by atomic mass is 16.6. The van der Waals surface area contributed by atoms with Gasteiger partial charge in [-0.15, -0.1) is 0 Å². The van der Waals surface area contributed by atoms with Gasteiger partial charge in [0.25, 0.3) is 0 Å². The Morgan fingerprint density at radius 2 is 1.65 bits per heavy atom. The van der Waals surface area contributed by atoms with Crippen LogP contribution in [0.1, 0.15) is 73.6 Å². The molecule has 0 aromatic rings. The molecule has 0 spiro atoms. The molecule has 5 unspecified atom stereocenters. The average Bonchev–Trinajstić information content (AvgIpc) is 2.41. The highest BCUT2D eigenvalue weighted by molar-refractivity contribution is 5.68. The summed E-state index contributed by atoms with van der Waals surface area (Å²) in [6.45, 7) is 13.5. The van der Waals surface area contributed by atoms with Crippen LogP contribution in [0.25, 0.3) is 0 Å². The minimum absolute atomic E-state index is 0.163. The fourth-order valence-electron chi connectivity index (χ4n) is 3.95. The van der Waals surface area contributed by atoms with E-state index in [1.54, 1.807) is 0 Å². The van der Waals surface area contributed by atoms with Crippen LogP contribution in [-0.2, 0) is 4.74 Å². The maximum Gasteiger partial charge on any atom is 0.410 e. The largest absolute Gasteiger partial charge is 0.444 e. The monoisotopic (exact) mass is 324 g/mol. The van der Waals surface area contributed by atoms with Crippen molar-refractivity contribution in [2.75, 3.05) is 6.54 Å². The molecule has 1 saturated heterocycles. The third kappa shape index (κ3) is 5.37. The molecule has 2 fully saturated rings. The second-order valence-electron chi connectivity index (χ2n) is 8.88. The SMILES string of the molecule is CC1CCC(NC2CCN(C(=O)OC(C)(C)C)C(C)C2)CC1C. The van der Waals surface area contributed by atoms with Gasteiger partial charge in [-0.1, -0.05) is 13.8 Å². The van der Waals surface area contributed by atoms with Crippen molar-refractivity contribution >= 4 is 6.09 Å². The first kappa shape index (κ1) is 18.6. The zero-order valence-corrected chi connectivity index (χ0v) is 15.9. The molecule has 0 aromatic heterocycles. The van der Waals surface area contributed by atoms with Crippen LogP contribution in [0.2, 0.25) is 0 Å². The van der Waals surface area contributed by atoms with E-state index in [4.69, 9.17) is 4.74 Å². The Hall–Kier alpha value is -0.770. The Bertz CT molecular complexity index is 405. The van der Waals surface area contributed by atoms with Crippen LogP contribution in [0.4, 0.5) is 4.79 Å². The molecule has 134 valence electrons. The highest BCUT2D eigenvalue weighted by Gasteiger charge is 2.33. The van der Waals surface area contributed by atoms with Gasteiger partial charge in [-0.3, -0.25) is 0 Å². The van der Waals surface area contributed by atoms with Crippen molar-refractivity contribution in [3.05, 3.63) is 0 Å². The van der Waals surface area contributed by atoms with Crippen molar-refractivity contribution in [1.29, 1.82) is 0 Å². The van der Waals surface area contributed by atoms with Crippen LogP contribution >= 0.6 is 0 Å². The van der Waals surface area contributed by atoms with Crippen molar-refractivity contribution in [2.24, 2.45) is 11.8 Å². The van der Waals surface area contributed by atoms with E-state index in [0.717, 1.165) is 31.2 Å². The van der Waals surface area contributed by atoms with Crippen LogP contribution in [0.15, 0.2) is 0 Å². The van der Waals surface area contributed by atoms with Crippen molar-refractivity contribution in [2.45, 2.75) is 97.4 Å². The number of rotatable bonds is 2. The van der Waals surface area contributed by atoms with Crippen molar-refractivity contribution in [3.63, 3.8) is 0 Å². The van der Waals surface area contributed by atoms with Crippen LogP contribution in [-0.4, -0.2) is 41.3 Å². The summed E-state index contributed by atoms with van der Waals surface area (Å²) in [7, 11) is 0. The number of ether oxygens (including phenoxy) is 1. The molecular formula is C19H36N2O2. The quantitative estimate of drug-likeness (QED) is 0.828. The first-order chi connectivity index (χ1) is 10.7. The van der Waals surface area contributed by atoms with E-state index in [1.807, 2.05) is 25.7 Å². The van der Waals surface area contributed by atoms with Crippen LogP contribution in [0, 0.1) is 11.8 Å². The van der Waals surface area contributed by atoms with Crippen molar-refractivity contribution < 1.29 is 9.53 Å². The summed E-state index contributed by atoms with van der Waals surface area (Å²) in [5.41, 5.74) is -0.416. The smallest absolute Gasteiger partial charge is 0.410 e. The van der Waals surface area contributed by atoms with Gasteiger partial charge in [0.2, 0.25) is 0 Å². The average molecular weight is 325 g/mol. The Morgan fingerprint density at radius 3 is 2.22 bits per heavy atom. The third-order valence-corrected chi connectivity index (χ3v) is 5.57. The van der Waals surface area contributed by atoms with Crippen LogP contribution in [0.3, 0.4) is 0 Å². The number of carbonyl (C=O) groups is 1. The lowest BCUT2D eigenvalue weighted by atomic mass is 9.78.